The van der Waals surface area contributed by atoms with Crippen LogP contribution in [0.15, 0.2) is 170 Å². The van der Waals surface area contributed by atoms with Crippen molar-refractivity contribution in [2.45, 2.75) is 6.42 Å². The van der Waals surface area contributed by atoms with Crippen molar-refractivity contribution in [1.29, 1.82) is 0 Å². The number of nitrogens with zero attached hydrogens (tertiary/aromatic N) is 3. The summed E-state index contributed by atoms with van der Waals surface area (Å²) >= 11 is 0. The van der Waals surface area contributed by atoms with Gasteiger partial charge in [-0.25, -0.2) is 0 Å². The lowest BCUT2D eigenvalue weighted by Crippen LogP contribution is -2.09. The number of aromatic nitrogens is 2. The van der Waals surface area contributed by atoms with Crippen LogP contribution in [0.2, 0.25) is 0 Å². The van der Waals surface area contributed by atoms with E-state index in [9.17, 15) is 0 Å². The van der Waals surface area contributed by atoms with Gasteiger partial charge in [-0.05, 0) is 96.4 Å². The zero-order valence-electron chi connectivity index (χ0n) is 26.2. The molecule has 0 atom stereocenters. The Labute approximate surface area is 274 Å². The van der Waals surface area contributed by atoms with E-state index in [1.165, 1.54) is 60.4 Å². The third-order valence-corrected chi connectivity index (χ3v) is 9.50. The van der Waals surface area contributed by atoms with Crippen LogP contribution in [0.5, 0.6) is 0 Å². The highest BCUT2D eigenvalue weighted by Gasteiger charge is 2.17. The van der Waals surface area contributed by atoms with Gasteiger partial charge >= 0.3 is 0 Å². The Morgan fingerprint density at radius 1 is 0.404 bits per heavy atom. The molecule has 47 heavy (non-hydrogen) atoms. The molecule has 0 amide bonds. The lowest BCUT2D eigenvalue weighted by Gasteiger charge is -2.25. The molecule has 0 radical (unpaired) electrons. The molecule has 0 aliphatic heterocycles. The summed E-state index contributed by atoms with van der Waals surface area (Å²) in [4.78, 5) is 2.33. The van der Waals surface area contributed by atoms with Crippen molar-refractivity contribution in [2.75, 3.05) is 4.90 Å². The third kappa shape index (κ3) is 4.59. The van der Waals surface area contributed by atoms with Gasteiger partial charge in [0.05, 0.1) is 11.0 Å². The second-order valence-corrected chi connectivity index (χ2v) is 12.3. The number of anilines is 3. The highest BCUT2D eigenvalue weighted by Crippen LogP contribution is 2.39. The summed E-state index contributed by atoms with van der Waals surface area (Å²) in [6.07, 6.45) is 0.874. The van der Waals surface area contributed by atoms with Gasteiger partial charge in [-0.3, -0.25) is 0 Å². The lowest BCUT2D eigenvalue weighted by atomic mass is 10.0. The van der Waals surface area contributed by atoms with E-state index in [1.807, 2.05) is 0 Å². The SMILES string of the molecule is Cn1c2ccc(N(c3ccccc3)c3ccccc3)cc2c2ccc(Cc3ccc4c(c3)c3ccccc3n4-c3ccccc3)cc21. The number of rotatable bonds is 6. The minimum atomic E-state index is 0.874. The molecule has 7 aromatic carbocycles. The molecule has 2 aromatic heterocycles. The van der Waals surface area contributed by atoms with Crippen LogP contribution in [0.3, 0.4) is 0 Å². The van der Waals surface area contributed by atoms with Gasteiger partial charge in [0.15, 0.2) is 0 Å². The molecule has 0 saturated heterocycles. The maximum absolute atomic E-state index is 2.39. The van der Waals surface area contributed by atoms with Gasteiger partial charge < -0.3 is 14.0 Å². The molecule has 0 unspecified atom stereocenters. The first-order valence-electron chi connectivity index (χ1n) is 16.2. The number of fused-ring (bicyclic) bond motifs is 6. The van der Waals surface area contributed by atoms with Gasteiger partial charge in [0.1, 0.15) is 0 Å². The van der Waals surface area contributed by atoms with Gasteiger partial charge in [0, 0.05) is 62.4 Å². The minimum absolute atomic E-state index is 0.874. The largest absolute Gasteiger partial charge is 0.344 e. The molecule has 0 aliphatic carbocycles. The Morgan fingerprint density at radius 3 is 1.70 bits per heavy atom. The minimum Gasteiger partial charge on any atom is -0.344 e. The molecular weight excluding hydrogens is 571 g/mol. The van der Waals surface area contributed by atoms with Crippen molar-refractivity contribution in [3.8, 4) is 5.69 Å². The van der Waals surface area contributed by atoms with Gasteiger partial charge in [-0.2, -0.15) is 0 Å². The first-order chi connectivity index (χ1) is 23.2. The lowest BCUT2D eigenvalue weighted by molar-refractivity contribution is 1.01. The van der Waals surface area contributed by atoms with Crippen LogP contribution in [-0.2, 0) is 13.5 Å². The van der Waals surface area contributed by atoms with E-state index < -0.39 is 0 Å². The summed E-state index contributed by atoms with van der Waals surface area (Å²) in [7, 11) is 2.19. The van der Waals surface area contributed by atoms with Gasteiger partial charge in [0.25, 0.3) is 0 Å². The molecular formula is C44H33N3. The number of hydrogen-bond acceptors (Lipinski definition) is 1. The Hall–Kier alpha value is -6.06. The molecule has 2 heterocycles. The van der Waals surface area contributed by atoms with E-state index in [2.05, 4.69) is 191 Å². The van der Waals surface area contributed by atoms with Crippen LogP contribution in [0.25, 0.3) is 49.3 Å². The summed E-state index contributed by atoms with van der Waals surface area (Å²) in [6, 6.07) is 61.4. The fourth-order valence-electron chi connectivity index (χ4n) is 7.32. The summed E-state index contributed by atoms with van der Waals surface area (Å²) in [5, 5.41) is 5.11. The number of para-hydroxylation sites is 4. The van der Waals surface area contributed by atoms with Gasteiger partial charge in [0.2, 0.25) is 0 Å². The molecule has 9 rings (SSSR count). The standard InChI is InChI=1S/C44H33N3/c1-45-41-26-23-36(46(33-13-5-2-6-14-33)34-15-7-3-8-16-34)30-40(41)38-24-21-32(29-44(38)45)27-31-22-25-43-39(28-31)37-19-11-12-20-42(37)47(43)35-17-9-4-10-18-35/h2-26,28-30H,27H2,1H3. The van der Waals surface area contributed by atoms with Crippen LogP contribution in [0.1, 0.15) is 11.1 Å². The van der Waals surface area contributed by atoms with Crippen LogP contribution in [-0.4, -0.2) is 9.13 Å². The average Bonchev–Trinajstić information content (AvgIpc) is 3.60. The van der Waals surface area contributed by atoms with Crippen molar-refractivity contribution in [1.82, 2.24) is 9.13 Å². The monoisotopic (exact) mass is 603 g/mol. The zero-order valence-corrected chi connectivity index (χ0v) is 26.2. The van der Waals surface area contributed by atoms with Crippen LogP contribution >= 0.6 is 0 Å². The van der Waals surface area contributed by atoms with Crippen LogP contribution in [0.4, 0.5) is 17.1 Å². The predicted molar refractivity (Wildman–Crippen MR) is 199 cm³/mol. The number of benzene rings is 7. The summed E-state index contributed by atoms with van der Waals surface area (Å²) in [5.74, 6) is 0. The zero-order chi connectivity index (χ0) is 31.3. The molecule has 3 heteroatoms. The van der Waals surface area contributed by atoms with E-state index in [-0.39, 0.29) is 0 Å². The maximum atomic E-state index is 2.39. The predicted octanol–water partition coefficient (Wildman–Crippen LogP) is 11.5. The van der Waals surface area contributed by atoms with E-state index >= 15 is 0 Å². The van der Waals surface area contributed by atoms with Crippen molar-refractivity contribution in [3.63, 3.8) is 0 Å². The number of hydrogen-bond donors (Lipinski definition) is 0. The fraction of sp³-hybridized carbons (Fsp3) is 0.0455. The topological polar surface area (TPSA) is 13.1 Å². The normalized spacial score (nSPS) is 11.6. The molecule has 0 spiro atoms. The Balaban J connectivity index is 1.11. The highest BCUT2D eigenvalue weighted by atomic mass is 15.1. The first kappa shape index (κ1) is 27.3. The molecule has 3 nitrogen and oxygen atoms in total. The van der Waals surface area contributed by atoms with E-state index in [1.54, 1.807) is 0 Å². The van der Waals surface area contributed by atoms with E-state index in [4.69, 9.17) is 0 Å². The van der Waals surface area contributed by atoms with E-state index in [0.29, 0.717) is 0 Å². The Morgan fingerprint density at radius 2 is 0.957 bits per heavy atom. The van der Waals surface area contributed by atoms with Crippen molar-refractivity contribution in [3.05, 3.63) is 181 Å². The molecule has 0 aliphatic rings. The molecule has 9 aromatic rings. The van der Waals surface area contributed by atoms with Gasteiger partial charge in [-0.15, -0.1) is 0 Å². The molecule has 224 valence electrons. The summed E-state index contributed by atoms with van der Waals surface area (Å²) < 4.78 is 4.71. The fourth-order valence-corrected chi connectivity index (χ4v) is 7.32. The van der Waals surface area contributed by atoms with Crippen molar-refractivity contribution in [2.24, 2.45) is 7.05 Å². The Bertz CT molecular complexity index is 2500. The quantitative estimate of drug-likeness (QED) is 0.184. The summed E-state index contributed by atoms with van der Waals surface area (Å²) in [5.41, 5.74) is 12.2. The Kier molecular flexibility index (Phi) is 6.43. The second-order valence-electron chi connectivity index (χ2n) is 12.3. The molecule has 0 fully saturated rings. The second kappa shape index (κ2) is 11.1. The number of aryl methyl sites for hydroxylation is 1. The highest BCUT2D eigenvalue weighted by molar-refractivity contribution is 6.10. The van der Waals surface area contributed by atoms with Gasteiger partial charge in [-0.1, -0.05) is 91.0 Å². The van der Waals surface area contributed by atoms with E-state index in [0.717, 1.165) is 23.5 Å². The third-order valence-electron chi connectivity index (χ3n) is 9.50. The molecule has 0 N–H and O–H groups in total. The van der Waals surface area contributed by atoms with Crippen LogP contribution < -0.4 is 4.90 Å². The first-order valence-corrected chi connectivity index (χ1v) is 16.2. The molecule has 0 saturated carbocycles. The van der Waals surface area contributed by atoms with Crippen molar-refractivity contribution >= 4 is 60.7 Å². The van der Waals surface area contributed by atoms with Crippen LogP contribution in [0, 0.1) is 0 Å². The smallest absolute Gasteiger partial charge is 0.0541 e. The maximum Gasteiger partial charge on any atom is 0.0541 e. The van der Waals surface area contributed by atoms with Crippen molar-refractivity contribution < 1.29 is 0 Å². The molecule has 0 bridgehead atoms. The summed E-state index contributed by atoms with van der Waals surface area (Å²) in [6.45, 7) is 0. The average molecular weight is 604 g/mol.